The van der Waals surface area contributed by atoms with E-state index in [1.54, 1.807) is 36.1 Å². The number of carbonyl (C=O) groups is 3. The van der Waals surface area contributed by atoms with Crippen LogP contribution in [0.1, 0.15) is 33.6 Å². The van der Waals surface area contributed by atoms with Crippen molar-refractivity contribution in [2.24, 2.45) is 5.73 Å². The van der Waals surface area contributed by atoms with Gasteiger partial charge in [0.05, 0.1) is 18.1 Å². The van der Waals surface area contributed by atoms with E-state index in [2.05, 4.69) is 4.90 Å². The number of likely N-dealkylation sites (tertiary alicyclic amines) is 1. The van der Waals surface area contributed by atoms with Gasteiger partial charge in [0, 0.05) is 56.8 Å². The highest BCUT2D eigenvalue weighted by Crippen LogP contribution is 2.29. The van der Waals surface area contributed by atoms with Gasteiger partial charge in [0.2, 0.25) is 27.7 Å². The highest BCUT2D eigenvalue weighted by atomic mass is 35.5. The molecule has 2 aromatic rings. The third-order valence-electron chi connectivity index (χ3n) is 8.01. The normalized spacial score (nSPS) is 19.1. The first-order valence-corrected chi connectivity index (χ1v) is 16.1. The number of nitrogens with two attached hydrogens (primary N) is 1. The Hall–Kier alpha value is -2.77. The van der Waals surface area contributed by atoms with Gasteiger partial charge in [0.1, 0.15) is 12.1 Å². The van der Waals surface area contributed by atoms with Crippen molar-refractivity contribution in [1.82, 2.24) is 19.0 Å². The van der Waals surface area contributed by atoms with Crippen LogP contribution in [0, 0.1) is 0 Å². The molecule has 0 bridgehead atoms. The first kappa shape index (κ1) is 32.2. The number of sulfonamides is 1. The number of hydrogen-bond donors (Lipinski definition) is 1. The van der Waals surface area contributed by atoms with Crippen LogP contribution in [0.4, 0.5) is 0 Å². The molecule has 2 atom stereocenters. The number of morpholine rings is 1. The first-order chi connectivity index (χ1) is 19.9. The van der Waals surface area contributed by atoms with Crippen LogP contribution in [0.15, 0.2) is 41.3 Å². The summed E-state index contributed by atoms with van der Waals surface area (Å²) in [5.41, 5.74) is 5.37. The van der Waals surface area contributed by atoms with Gasteiger partial charge in [-0.05, 0) is 62.2 Å². The Balaban J connectivity index is 1.54. The number of fused-ring (bicyclic) bond motifs is 1. The lowest BCUT2D eigenvalue weighted by molar-refractivity contribution is -0.145. The van der Waals surface area contributed by atoms with Crippen LogP contribution in [0.2, 0.25) is 5.02 Å². The van der Waals surface area contributed by atoms with Crippen LogP contribution in [0.3, 0.4) is 0 Å². The van der Waals surface area contributed by atoms with Gasteiger partial charge in [-0.15, -0.1) is 0 Å². The zero-order valence-electron chi connectivity index (χ0n) is 24.4. The molecule has 2 N–H and O–H groups in total. The smallest absolute Gasteiger partial charge is 0.245 e. The topological polar surface area (TPSA) is 134 Å². The molecule has 2 aromatic carbocycles. The zero-order valence-corrected chi connectivity index (χ0v) is 25.9. The van der Waals surface area contributed by atoms with Crippen molar-refractivity contribution >= 4 is 50.1 Å². The summed E-state index contributed by atoms with van der Waals surface area (Å²) in [5, 5.41) is 1.96. The number of rotatable bonds is 12. The van der Waals surface area contributed by atoms with Crippen molar-refractivity contribution in [1.29, 1.82) is 0 Å². The number of carbonyl (C=O) groups excluding carboxylic acids is 3. The summed E-state index contributed by atoms with van der Waals surface area (Å²) >= 11 is 6.08. The van der Waals surface area contributed by atoms with Gasteiger partial charge in [-0.1, -0.05) is 23.7 Å². The third kappa shape index (κ3) is 7.23. The van der Waals surface area contributed by atoms with E-state index in [9.17, 15) is 22.8 Å². The van der Waals surface area contributed by atoms with Gasteiger partial charge in [0.15, 0.2) is 0 Å². The number of halogens is 1. The van der Waals surface area contributed by atoms with E-state index < -0.39 is 33.9 Å². The molecule has 4 rings (SSSR count). The SMILES string of the molecule is CC(C)N(CCN1CCOCC1)C(=O)[C@H](C)N1CC[C@H](N(CCC(N)=O)S(=O)(=O)c2ccc3cc(Cl)ccc3c2)C1=O. The van der Waals surface area contributed by atoms with Gasteiger partial charge in [-0.2, -0.15) is 4.31 Å². The van der Waals surface area contributed by atoms with Gasteiger partial charge < -0.3 is 20.3 Å². The summed E-state index contributed by atoms with van der Waals surface area (Å²) in [4.78, 5) is 44.5. The summed E-state index contributed by atoms with van der Waals surface area (Å²) < 4.78 is 34.3. The fraction of sp³-hybridized carbons (Fsp3) is 0.552. The molecule has 0 aromatic heterocycles. The molecule has 42 heavy (non-hydrogen) atoms. The van der Waals surface area contributed by atoms with Gasteiger partial charge in [-0.3, -0.25) is 19.3 Å². The molecule has 0 radical (unpaired) electrons. The van der Waals surface area contributed by atoms with Crippen LogP contribution < -0.4 is 5.73 Å². The van der Waals surface area contributed by atoms with E-state index in [0.29, 0.717) is 36.7 Å². The average Bonchev–Trinajstić information content (AvgIpc) is 3.33. The molecule has 3 amide bonds. The molecule has 2 fully saturated rings. The Morgan fingerprint density at radius 2 is 1.71 bits per heavy atom. The van der Waals surface area contributed by atoms with Crippen molar-refractivity contribution in [3.05, 3.63) is 41.4 Å². The third-order valence-corrected chi connectivity index (χ3v) is 10.1. The van der Waals surface area contributed by atoms with Crippen molar-refractivity contribution in [3.63, 3.8) is 0 Å². The Morgan fingerprint density at radius 3 is 2.38 bits per heavy atom. The van der Waals surface area contributed by atoms with Crippen molar-refractivity contribution in [2.75, 3.05) is 52.5 Å². The molecule has 0 unspecified atom stereocenters. The largest absolute Gasteiger partial charge is 0.379 e. The number of amides is 3. The molecule has 2 heterocycles. The lowest BCUT2D eigenvalue weighted by Gasteiger charge is -2.35. The lowest BCUT2D eigenvalue weighted by atomic mass is 10.1. The predicted octanol–water partition coefficient (Wildman–Crippen LogP) is 1.92. The number of nitrogens with zero attached hydrogens (tertiary/aromatic N) is 4. The number of ether oxygens (including phenoxy) is 1. The number of benzene rings is 2. The van der Waals surface area contributed by atoms with E-state index in [4.69, 9.17) is 22.1 Å². The molecule has 2 aliphatic rings. The molecule has 2 saturated heterocycles. The fourth-order valence-electron chi connectivity index (χ4n) is 5.56. The molecule has 11 nitrogen and oxygen atoms in total. The maximum Gasteiger partial charge on any atom is 0.245 e. The van der Waals surface area contributed by atoms with Crippen molar-refractivity contribution in [3.8, 4) is 0 Å². The quantitative estimate of drug-likeness (QED) is 0.383. The minimum absolute atomic E-state index is 0.00809. The van der Waals surface area contributed by atoms with Crippen molar-refractivity contribution in [2.45, 2.75) is 56.6 Å². The lowest BCUT2D eigenvalue weighted by Crippen LogP contribution is -2.54. The molecule has 0 spiro atoms. The fourth-order valence-corrected chi connectivity index (χ4v) is 7.39. The summed E-state index contributed by atoms with van der Waals surface area (Å²) in [5.74, 6) is -1.33. The first-order valence-electron chi connectivity index (χ1n) is 14.3. The second kappa shape index (κ2) is 13.7. The average molecular weight is 622 g/mol. The Kier molecular flexibility index (Phi) is 10.5. The number of primary amides is 1. The number of hydrogen-bond acceptors (Lipinski definition) is 7. The van der Waals surface area contributed by atoms with E-state index in [1.807, 2.05) is 13.8 Å². The Morgan fingerprint density at radius 1 is 1.05 bits per heavy atom. The minimum Gasteiger partial charge on any atom is -0.379 e. The zero-order chi connectivity index (χ0) is 30.6. The summed E-state index contributed by atoms with van der Waals surface area (Å²) in [7, 11) is -4.20. The summed E-state index contributed by atoms with van der Waals surface area (Å²) in [6, 6.07) is 7.85. The highest BCUT2D eigenvalue weighted by molar-refractivity contribution is 7.89. The van der Waals surface area contributed by atoms with E-state index in [1.165, 1.54) is 17.0 Å². The van der Waals surface area contributed by atoms with E-state index >= 15 is 0 Å². The van der Waals surface area contributed by atoms with E-state index in [-0.39, 0.29) is 42.8 Å². The van der Waals surface area contributed by atoms with Gasteiger partial charge >= 0.3 is 0 Å². The van der Waals surface area contributed by atoms with Crippen molar-refractivity contribution < 1.29 is 27.5 Å². The second-order valence-corrected chi connectivity index (χ2v) is 13.4. The summed E-state index contributed by atoms with van der Waals surface area (Å²) in [6.45, 7) is 9.69. The van der Waals surface area contributed by atoms with Crippen LogP contribution in [0.5, 0.6) is 0 Å². The standard InChI is InChI=1S/C29H40ClN5O6S/c1-20(2)33(13-12-32-14-16-41-17-15-32)28(37)21(3)34-10-8-26(29(34)38)35(11-9-27(31)36)42(39,40)25-7-5-22-18-24(30)6-4-23(22)19-25/h4-7,18-21,26H,8-17H2,1-3H3,(H2,31,36)/t21-,26-/m0/s1. The van der Waals surface area contributed by atoms with E-state index in [0.717, 1.165) is 22.8 Å². The Bertz CT molecular complexity index is 1410. The Labute approximate surface area is 252 Å². The molecule has 2 aliphatic heterocycles. The molecule has 13 heteroatoms. The maximum atomic E-state index is 13.9. The van der Waals surface area contributed by atoms with Gasteiger partial charge in [0.25, 0.3) is 0 Å². The van der Waals surface area contributed by atoms with Crippen LogP contribution in [-0.4, -0.2) is 116 Å². The highest BCUT2D eigenvalue weighted by Gasteiger charge is 2.45. The van der Waals surface area contributed by atoms with Gasteiger partial charge in [-0.25, -0.2) is 8.42 Å². The maximum absolute atomic E-state index is 13.9. The van der Waals surface area contributed by atoms with Crippen LogP contribution in [-0.2, 0) is 29.1 Å². The van der Waals surface area contributed by atoms with Crippen LogP contribution in [0.25, 0.3) is 10.8 Å². The molecule has 0 aliphatic carbocycles. The second-order valence-electron chi connectivity index (χ2n) is 11.1. The summed E-state index contributed by atoms with van der Waals surface area (Å²) in [6.07, 6.45) is -0.0591. The molecule has 230 valence electrons. The monoisotopic (exact) mass is 621 g/mol. The van der Waals surface area contributed by atoms with Crippen LogP contribution >= 0.6 is 11.6 Å². The molecular formula is C29H40ClN5O6S. The molecular weight excluding hydrogens is 582 g/mol. The minimum atomic E-state index is -4.20. The molecule has 0 saturated carbocycles. The predicted molar refractivity (Wildman–Crippen MR) is 160 cm³/mol.